The molecule has 1 fully saturated rings. The first-order valence-electron chi connectivity index (χ1n) is 12.4. The molecule has 0 radical (unpaired) electrons. The Balaban J connectivity index is 1.48. The molecule has 182 valence electrons. The van der Waals surface area contributed by atoms with E-state index in [9.17, 15) is 4.79 Å². The number of ether oxygens (including phenoxy) is 2. The summed E-state index contributed by atoms with van der Waals surface area (Å²) in [7, 11) is 1.66. The number of nitrogens with zero attached hydrogens (tertiary/aromatic N) is 1. The fraction of sp³-hybridized carbons (Fsp3) is 0.219. The molecule has 4 aromatic rings. The Bertz CT molecular complexity index is 1160. The second-order valence-corrected chi connectivity index (χ2v) is 9.15. The minimum atomic E-state index is -0.790. The van der Waals surface area contributed by atoms with Crippen LogP contribution in [0, 0.1) is 0 Å². The monoisotopic (exact) mass is 477 g/mol. The minimum absolute atomic E-state index is 0.00452. The summed E-state index contributed by atoms with van der Waals surface area (Å²) in [5, 5.41) is 0. The summed E-state index contributed by atoms with van der Waals surface area (Å²) in [6, 6.07) is 39.0. The van der Waals surface area contributed by atoms with Gasteiger partial charge in [-0.05, 0) is 40.8 Å². The van der Waals surface area contributed by atoms with Crippen molar-refractivity contribution in [2.45, 2.75) is 31.0 Å². The molecular weight excluding hydrogens is 446 g/mol. The van der Waals surface area contributed by atoms with E-state index in [-0.39, 0.29) is 11.9 Å². The van der Waals surface area contributed by atoms with Crippen LogP contribution in [0.5, 0.6) is 5.75 Å². The van der Waals surface area contributed by atoms with Crippen molar-refractivity contribution in [1.29, 1.82) is 0 Å². The van der Waals surface area contributed by atoms with Crippen molar-refractivity contribution >= 4 is 5.91 Å². The van der Waals surface area contributed by atoms with Crippen LogP contribution in [0.2, 0.25) is 0 Å². The fourth-order valence-electron chi connectivity index (χ4n) is 5.10. The lowest BCUT2D eigenvalue weighted by molar-refractivity contribution is -0.131. The highest BCUT2D eigenvalue weighted by molar-refractivity contribution is 5.78. The Morgan fingerprint density at radius 3 is 1.72 bits per heavy atom. The number of amides is 1. The summed E-state index contributed by atoms with van der Waals surface area (Å²) in [4.78, 5) is 14.9. The molecule has 1 atom stereocenters. The summed E-state index contributed by atoms with van der Waals surface area (Å²) in [6.07, 6.45) is 1.32. The van der Waals surface area contributed by atoms with Gasteiger partial charge in [0.1, 0.15) is 11.4 Å². The maximum absolute atomic E-state index is 12.9. The van der Waals surface area contributed by atoms with Crippen molar-refractivity contribution in [1.82, 2.24) is 4.90 Å². The van der Waals surface area contributed by atoms with Gasteiger partial charge in [0.05, 0.1) is 19.8 Å². The molecule has 0 aromatic heterocycles. The Morgan fingerprint density at radius 2 is 1.25 bits per heavy atom. The molecule has 1 saturated heterocycles. The van der Waals surface area contributed by atoms with Gasteiger partial charge in [0.2, 0.25) is 5.91 Å². The van der Waals surface area contributed by atoms with Gasteiger partial charge in [-0.3, -0.25) is 4.79 Å². The third kappa shape index (κ3) is 4.77. The standard InChI is InChI=1S/C32H31NO3/c1-35-30-20-17-25(18-21-30)23-33-29(19-22-31(33)34)24-36-32(26-11-5-2-6-12-26,27-13-7-3-8-14-27)28-15-9-4-10-16-28/h2-18,20-21,29H,19,22-24H2,1H3/t29-/m0/s1. The van der Waals surface area contributed by atoms with Crippen LogP contribution in [-0.2, 0) is 21.7 Å². The maximum atomic E-state index is 12.9. The van der Waals surface area contributed by atoms with Gasteiger partial charge in [0.15, 0.2) is 0 Å². The van der Waals surface area contributed by atoms with E-state index in [0.717, 1.165) is 34.4 Å². The minimum Gasteiger partial charge on any atom is -0.497 e. The smallest absolute Gasteiger partial charge is 0.223 e. The molecule has 0 bridgehead atoms. The highest BCUT2D eigenvalue weighted by atomic mass is 16.5. The lowest BCUT2D eigenvalue weighted by Crippen LogP contribution is -2.40. The zero-order valence-corrected chi connectivity index (χ0v) is 20.5. The summed E-state index contributed by atoms with van der Waals surface area (Å²) in [6.45, 7) is 0.993. The molecule has 1 heterocycles. The fourth-order valence-corrected chi connectivity index (χ4v) is 5.10. The van der Waals surface area contributed by atoms with Crippen LogP contribution in [0.25, 0.3) is 0 Å². The zero-order chi connectivity index (χ0) is 24.8. The van der Waals surface area contributed by atoms with E-state index in [1.807, 2.05) is 83.8 Å². The number of hydrogen-bond acceptors (Lipinski definition) is 3. The second kappa shape index (κ2) is 10.8. The number of carbonyl (C=O) groups is 1. The molecule has 0 aliphatic carbocycles. The second-order valence-electron chi connectivity index (χ2n) is 9.15. The van der Waals surface area contributed by atoms with E-state index < -0.39 is 5.60 Å². The Morgan fingerprint density at radius 1 is 0.750 bits per heavy atom. The lowest BCUT2D eigenvalue weighted by atomic mass is 9.80. The van der Waals surface area contributed by atoms with E-state index in [1.54, 1.807) is 7.11 Å². The van der Waals surface area contributed by atoms with Crippen LogP contribution < -0.4 is 4.74 Å². The van der Waals surface area contributed by atoms with Gasteiger partial charge in [-0.2, -0.15) is 0 Å². The normalized spacial score (nSPS) is 15.8. The van der Waals surface area contributed by atoms with E-state index in [2.05, 4.69) is 36.4 Å². The van der Waals surface area contributed by atoms with Crippen molar-refractivity contribution in [2.24, 2.45) is 0 Å². The molecule has 4 nitrogen and oxygen atoms in total. The Kier molecular flexibility index (Phi) is 7.15. The first-order valence-corrected chi connectivity index (χ1v) is 12.4. The highest BCUT2D eigenvalue weighted by Gasteiger charge is 2.40. The molecule has 4 heteroatoms. The topological polar surface area (TPSA) is 38.8 Å². The Labute approximate surface area is 213 Å². The van der Waals surface area contributed by atoms with Gasteiger partial charge < -0.3 is 14.4 Å². The first kappa shape index (κ1) is 23.8. The predicted molar refractivity (Wildman–Crippen MR) is 142 cm³/mol. The number of methoxy groups -OCH3 is 1. The van der Waals surface area contributed by atoms with Gasteiger partial charge in [-0.25, -0.2) is 0 Å². The predicted octanol–water partition coefficient (Wildman–Crippen LogP) is 6.19. The third-order valence-corrected chi connectivity index (χ3v) is 7.00. The number of carbonyl (C=O) groups excluding carboxylic acids is 1. The number of benzene rings is 4. The zero-order valence-electron chi connectivity index (χ0n) is 20.5. The van der Waals surface area contributed by atoms with Crippen LogP contribution in [0.15, 0.2) is 115 Å². The summed E-state index contributed by atoms with van der Waals surface area (Å²) >= 11 is 0. The number of likely N-dealkylation sites (tertiary alicyclic amines) is 1. The highest BCUT2D eigenvalue weighted by Crippen LogP contribution is 2.41. The van der Waals surface area contributed by atoms with Crippen molar-refractivity contribution in [3.63, 3.8) is 0 Å². The quantitative estimate of drug-likeness (QED) is 0.270. The van der Waals surface area contributed by atoms with Crippen LogP contribution in [-0.4, -0.2) is 30.6 Å². The average Bonchev–Trinajstić information content (AvgIpc) is 3.30. The van der Waals surface area contributed by atoms with E-state index in [0.29, 0.717) is 19.6 Å². The third-order valence-electron chi connectivity index (χ3n) is 7.00. The summed E-state index contributed by atoms with van der Waals surface area (Å²) < 4.78 is 12.3. The van der Waals surface area contributed by atoms with Gasteiger partial charge in [-0.15, -0.1) is 0 Å². The maximum Gasteiger partial charge on any atom is 0.223 e. The van der Waals surface area contributed by atoms with E-state index >= 15 is 0 Å². The van der Waals surface area contributed by atoms with Crippen LogP contribution in [0.4, 0.5) is 0 Å². The molecule has 36 heavy (non-hydrogen) atoms. The molecule has 0 saturated carbocycles. The molecular formula is C32H31NO3. The molecule has 1 aliphatic heterocycles. The van der Waals surface area contributed by atoms with Crippen LogP contribution >= 0.6 is 0 Å². The number of rotatable bonds is 9. The molecule has 0 N–H and O–H groups in total. The average molecular weight is 478 g/mol. The van der Waals surface area contributed by atoms with Crippen LogP contribution in [0.1, 0.15) is 35.1 Å². The van der Waals surface area contributed by atoms with E-state index in [4.69, 9.17) is 9.47 Å². The molecule has 0 unspecified atom stereocenters. The van der Waals surface area contributed by atoms with Crippen molar-refractivity contribution in [3.8, 4) is 5.75 Å². The van der Waals surface area contributed by atoms with E-state index in [1.165, 1.54) is 0 Å². The molecule has 5 rings (SSSR count). The van der Waals surface area contributed by atoms with Gasteiger partial charge in [0.25, 0.3) is 0 Å². The summed E-state index contributed by atoms with van der Waals surface area (Å²) in [5.41, 5.74) is 3.48. The van der Waals surface area contributed by atoms with Crippen LogP contribution in [0.3, 0.4) is 0 Å². The molecule has 1 aliphatic rings. The molecule has 4 aromatic carbocycles. The SMILES string of the molecule is COc1ccc(CN2C(=O)CC[C@H]2COC(c2ccccc2)(c2ccccc2)c2ccccc2)cc1. The van der Waals surface area contributed by atoms with Crippen molar-refractivity contribution < 1.29 is 14.3 Å². The number of hydrogen-bond donors (Lipinski definition) is 0. The van der Waals surface area contributed by atoms with Gasteiger partial charge in [0, 0.05) is 13.0 Å². The van der Waals surface area contributed by atoms with Gasteiger partial charge in [-0.1, -0.05) is 103 Å². The first-order chi connectivity index (χ1) is 17.7. The molecule has 0 spiro atoms. The lowest BCUT2D eigenvalue weighted by Gasteiger charge is -2.38. The van der Waals surface area contributed by atoms with Crippen molar-refractivity contribution in [3.05, 3.63) is 138 Å². The summed E-state index contributed by atoms with van der Waals surface area (Å²) in [5.74, 6) is 0.980. The largest absolute Gasteiger partial charge is 0.497 e. The van der Waals surface area contributed by atoms with Gasteiger partial charge >= 0.3 is 0 Å². The molecule has 1 amide bonds. The van der Waals surface area contributed by atoms with Crippen molar-refractivity contribution in [2.75, 3.05) is 13.7 Å². The Hall–Kier alpha value is -3.89.